The highest BCUT2D eigenvalue weighted by Gasteiger charge is 2.24. The predicted molar refractivity (Wildman–Crippen MR) is 105 cm³/mol. The Hall–Kier alpha value is -1.67. The number of rotatable bonds is 8. The number of aromatic nitrogens is 2. The van der Waals surface area contributed by atoms with Gasteiger partial charge in [0.2, 0.25) is 5.89 Å². The first-order valence-electron chi connectivity index (χ1n) is 8.36. The Morgan fingerprint density at radius 1 is 1.27 bits per heavy atom. The molecule has 142 valence electrons. The number of thioether (sulfide) groups is 2. The van der Waals surface area contributed by atoms with E-state index >= 15 is 0 Å². The van der Waals surface area contributed by atoms with E-state index in [4.69, 9.17) is 9.15 Å². The van der Waals surface area contributed by atoms with Crippen LogP contribution in [0.4, 0.5) is 4.79 Å². The molecule has 0 unspecified atom stereocenters. The summed E-state index contributed by atoms with van der Waals surface area (Å²) in [5, 5.41) is 11.5. The first-order chi connectivity index (χ1) is 12.4. The lowest BCUT2D eigenvalue weighted by molar-refractivity contribution is 0.0493. The molecule has 0 saturated carbocycles. The van der Waals surface area contributed by atoms with E-state index in [9.17, 15) is 4.79 Å². The molecule has 0 saturated heterocycles. The lowest BCUT2D eigenvalue weighted by atomic mass is 10.2. The van der Waals surface area contributed by atoms with Crippen molar-refractivity contribution in [2.24, 2.45) is 0 Å². The molecule has 6 nitrogen and oxygen atoms in total. The van der Waals surface area contributed by atoms with Crippen LogP contribution in [0.25, 0.3) is 0 Å². The Balaban J connectivity index is 1.98. The van der Waals surface area contributed by atoms with Crippen LogP contribution in [0.15, 0.2) is 40.0 Å². The van der Waals surface area contributed by atoms with Gasteiger partial charge in [0, 0.05) is 5.75 Å². The summed E-state index contributed by atoms with van der Waals surface area (Å²) >= 11 is 3.17. The minimum atomic E-state index is -0.556. The number of amides is 1. The highest BCUT2D eigenvalue weighted by molar-refractivity contribution is 7.98. The number of ether oxygens (including phenoxy) is 1. The summed E-state index contributed by atoms with van der Waals surface area (Å²) in [5.41, 5.74) is 0.628. The van der Waals surface area contributed by atoms with Crippen molar-refractivity contribution in [3.8, 4) is 0 Å². The van der Waals surface area contributed by atoms with Gasteiger partial charge in [-0.05, 0) is 44.8 Å². The molecule has 0 aliphatic heterocycles. The molecule has 0 spiro atoms. The van der Waals surface area contributed by atoms with E-state index in [1.54, 1.807) is 11.8 Å². The van der Waals surface area contributed by atoms with Crippen LogP contribution < -0.4 is 5.32 Å². The number of nitrogens with zero attached hydrogens (tertiary/aromatic N) is 2. The third kappa shape index (κ3) is 7.29. The van der Waals surface area contributed by atoms with Crippen LogP contribution in [-0.4, -0.2) is 33.9 Å². The second kappa shape index (κ2) is 9.87. The van der Waals surface area contributed by atoms with Gasteiger partial charge >= 0.3 is 6.09 Å². The van der Waals surface area contributed by atoms with E-state index in [1.807, 2.05) is 45.2 Å². The van der Waals surface area contributed by atoms with Crippen molar-refractivity contribution in [2.75, 3.05) is 12.0 Å². The molecule has 1 atom stereocenters. The summed E-state index contributed by atoms with van der Waals surface area (Å²) < 4.78 is 11.1. The molecule has 1 aromatic heterocycles. The van der Waals surface area contributed by atoms with E-state index in [0.717, 1.165) is 11.5 Å². The van der Waals surface area contributed by atoms with E-state index in [2.05, 4.69) is 27.6 Å². The maximum atomic E-state index is 12.1. The molecule has 0 bridgehead atoms. The predicted octanol–water partition coefficient (Wildman–Crippen LogP) is 4.68. The van der Waals surface area contributed by atoms with Gasteiger partial charge in [0.15, 0.2) is 0 Å². The van der Waals surface area contributed by atoms with E-state index < -0.39 is 11.7 Å². The van der Waals surface area contributed by atoms with Gasteiger partial charge in [-0.2, -0.15) is 11.8 Å². The van der Waals surface area contributed by atoms with Crippen molar-refractivity contribution in [1.82, 2.24) is 15.5 Å². The summed E-state index contributed by atoms with van der Waals surface area (Å²) in [6.45, 7) is 5.48. The number of carbonyl (C=O) groups is 1. The van der Waals surface area contributed by atoms with Gasteiger partial charge in [-0.15, -0.1) is 10.2 Å². The fourth-order valence-electron chi connectivity index (χ4n) is 2.08. The molecule has 1 amide bonds. The average Bonchev–Trinajstić information content (AvgIpc) is 3.05. The van der Waals surface area contributed by atoms with Crippen molar-refractivity contribution in [3.05, 3.63) is 41.8 Å². The Bertz CT molecular complexity index is 686. The molecule has 1 N–H and O–H groups in total. The topological polar surface area (TPSA) is 77.2 Å². The van der Waals surface area contributed by atoms with Crippen LogP contribution in [0, 0.1) is 0 Å². The van der Waals surface area contributed by atoms with Crippen molar-refractivity contribution in [2.45, 2.75) is 49.8 Å². The van der Waals surface area contributed by atoms with Crippen LogP contribution in [0.5, 0.6) is 0 Å². The van der Waals surface area contributed by atoms with Crippen LogP contribution in [-0.2, 0) is 10.5 Å². The molecule has 1 aromatic carbocycles. The molecule has 2 aromatic rings. The molecule has 8 heteroatoms. The monoisotopic (exact) mass is 395 g/mol. The van der Waals surface area contributed by atoms with Gasteiger partial charge in [0.05, 0.1) is 0 Å². The number of alkyl carbamates (subject to hydrolysis) is 1. The van der Waals surface area contributed by atoms with Crippen LogP contribution >= 0.6 is 23.5 Å². The van der Waals surface area contributed by atoms with Crippen molar-refractivity contribution in [3.63, 3.8) is 0 Å². The maximum absolute atomic E-state index is 12.1. The Labute approximate surface area is 162 Å². The van der Waals surface area contributed by atoms with Gasteiger partial charge in [-0.1, -0.05) is 42.1 Å². The van der Waals surface area contributed by atoms with Crippen LogP contribution in [0.1, 0.15) is 44.7 Å². The number of nitrogens with one attached hydrogen (secondary N) is 1. The van der Waals surface area contributed by atoms with E-state index in [1.165, 1.54) is 17.3 Å². The molecular formula is C18H25N3O3S2. The van der Waals surface area contributed by atoms with Crippen molar-refractivity contribution in [1.29, 1.82) is 0 Å². The molecule has 0 radical (unpaired) electrons. The average molecular weight is 396 g/mol. The highest BCUT2D eigenvalue weighted by Crippen LogP contribution is 2.25. The molecule has 1 heterocycles. The van der Waals surface area contributed by atoms with Gasteiger partial charge in [0.25, 0.3) is 5.22 Å². The third-order valence-electron chi connectivity index (χ3n) is 3.23. The number of carbonyl (C=O) groups excluding carboxylic acids is 1. The first kappa shape index (κ1) is 20.6. The zero-order valence-electron chi connectivity index (χ0n) is 15.5. The smallest absolute Gasteiger partial charge is 0.408 e. The van der Waals surface area contributed by atoms with Crippen LogP contribution in [0.2, 0.25) is 0 Å². The van der Waals surface area contributed by atoms with Gasteiger partial charge in [0.1, 0.15) is 11.6 Å². The number of hydrogen-bond acceptors (Lipinski definition) is 7. The highest BCUT2D eigenvalue weighted by atomic mass is 32.2. The molecular weight excluding hydrogens is 370 g/mol. The fourth-order valence-corrected chi connectivity index (χ4v) is 3.28. The lowest BCUT2D eigenvalue weighted by Gasteiger charge is -2.22. The first-order valence-corrected chi connectivity index (χ1v) is 10.7. The summed E-state index contributed by atoms with van der Waals surface area (Å²) in [4.78, 5) is 12.1. The minimum Gasteiger partial charge on any atom is -0.444 e. The molecule has 0 aliphatic carbocycles. The Kier molecular flexibility index (Phi) is 7.84. The molecule has 26 heavy (non-hydrogen) atoms. The van der Waals surface area contributed by atoms with Crippen LogP contribution in [0.3, 0.4) is 0 Å². The molecule has 2 rings (SSSR count). The Morgan fingerprint density at radius 2 is 2.00 bits per heavy atom. The second-order valence-corrected chi connectivity index (χ2v) is 8.57. The number of hydrogen-bond donors (Lipinski definition) is 1. The molecule has 0 fully saturated rings. The standard InChI is InChI=1S/C18H25N3O3S2/c1-18(2,3)24-16(22)19-14(10-11-25-4)15-20-21-17(23-15)26-12-13-8-6-5-7-9-13/h5-9,14H,10-12H2,1-4H3,(H,19,22)/t14-/m1/s1. The third-order valence-corrected chi connectivity index (χ3v) is 4.76. The number of benzene rings is 1. The van der Waals surface area contributed by atoms with Crippen molar-refractivity contribution >= 4 is 29.6 Å². The van der Waals surface area contributed by atoms with E-state index in [-0.39, 0.29) is 6.04 Å². The zero-order chi connectivity index (χ0) is 19.0. The summed E-state index contributed by atoms with van der Waals surface area (Å²) in [7, 11) is 0. The normalized spacial score (nSPS) is 12.6. The van der Waals surface area contributed by atoms with Crippen molar-refractivity contribution < 1.29 is 13.9 Å². The summed E-state index contributed by atoms with van der Waals surface area (Å²) in [6.07, 6.45) is 2.21. The van der Waals surface area contributed by atoms with Gasteiger partial charge in [-0.25, -0.2) is 4.79 Å². The van der Waals surface area contributed by atoms with Gasteiger partial charge < -0.3 is 14.5 Å². The van der Waals surface area contributed by atoms with E-state index in [0.29, 0.717) is 17.5 Å². The Morgan fingerprint density at radius 3 is 2.65 bits per heavy atom. The molecule has 0 aliphatic rings. The fraction of sp³-hybridized carbons (Fsp3) is 0.500. The van der Waals surface area contributed by atoms with Gasteiger partial charge in [-0.3, -0.25) is 0 Å². The summed E-state index contributed by atoms with van der Waals surface area (Å²) in [5.74, 6) is 2.01. The maximum Gasteiger partial charge on any atom is 0.408 e. The quantitative estimate of drug-likeness (QED) is 0.650. The zero-order valence-corrected chi connectivity index (χ0v) is 17.2. The second-order valence-electron chi connectivity index (χ2n) is 6.66. The largest absolute Gasteiger partial charge is 0.444 e. The lowest BCUT2D eigenvalue weighted by Crippen LogP contribution is -2.35. The SMILES string of the molecule is CSCC[C@@H](NC(=O)OC(C)(C)C)c1nnc(SCc2ccccc2)o1. The summed E-state index contributed by atoms with van der Waals surface area (Å²) in [6, 6.07) is 9.72. The minimum absolute atomic E-state index is 0.365.